The Kier molecular flexibility index (Phi) is 7.14. The maximum absolute atomic E-state index is 5.07. The van der Waals surface area contributed by atoms with E-state index in [-0.39, 0.29) is 0 Å². The maximum Gasteiger partial charge on any atom is 0.138 e. The molecule has 2 heterocycles. The Morgan fingerprint density at radius 3 is 0.957 bits per heavy atom. The summed E-state index contributed by atoms with van der Waals surface area (Å²) in [5, 5.41) is 0. The second-order valence-corrected chi connectivity index (χ2v) is 11.2. The van der Waals surface area contributed by atoms with Crippen molar-refractivity contribution in [1.82, 2.24) is 19.9 Å². The first kappa shape index (κ1) is 27.3. The molecule has 4 heteroatoms. The first-order chi connectivity index (χ1) is 22.8. The third kappa shape index (κ3) is 5.33. The molecule has 4 nitrogen and oxygen atoms in total. The molecule has 0 bridgehead atoms. The maximum atomic E-state index is 5.07. The number of nitrogens with one attached hydrogen (secondary N) is 2. The van der Waals surface area contributed by atoms with Crippen molar-refractivity contribution in [3.05, 3.63) is 170 Å². The van der Waals surface area contributed by atoms with E-state index in [1.54, 1.807) is 0 Å². The van der Waals surface area contributed by atoms with Crippen LogP contribution in [0.3, 0.4) is 0 Å². The average molecular weight is 591 g/mol. The summed E-state index contributed by atoms with van der Waals surface area (Å²) in [5.74, 6) is 1.72. The van der Waals surface area contributed by atoms with Crippen LogP contribution in [0.5, 0.6) is 0 Å². The number of rotatable bonds is 7. The summed E-state index contributed by atoms with van der Waals surface area (Å²) >= 11 is 0. The summed E-state index contributed by atoms with van der Waals surface area (Å²) in [7, 11) is 0. The molecule has 0 aliphatic heterocycles. The van der Waals surface area contributed by atoms with Gasteiger partial charge in [-0.05, 0) is 11.1 Å². The van der Waals surface area contributed by atoms with Crippen LogP contribution in [0, 0.1) is 0 Å². The van der Waals surface area contributed by atoms with Gasteiger partial charge in [-0.1, -0.05) is 170 Å². The van der Waals surface area contributed by atoms with Crippen LogP contribution in [0.15, 0.2) is 170 Å². The Hall–Kier alpha value is -6.26. The molecule has 0 saturated carbocycles. The van der Waals surface area contributed by atoms with Crippen LogP contribution < -0.4 is 0 Å². The van der Waals surface area contributed by atoms with E-state index in [4.69, 9.17) is 9.97 Å². The SMILES string of the molecule is c1ccc(-c2nc(-c3ccc(-c4ccc(-c5[nH]c(-c6ccccc6)nc5-c5ccccc5)cc4)cc3)c(-c3ccccc3)[nH]2)cc1. The lowest BCUT2D eigenvalue weighted by Crippen LogP contribution is -1.86. The van der Waals surface area contributed by atoms with Crippen molar-refractivity contribution in [2.45, 2.75) is 0 Å². The van der Waals surface area contributed by atoms with E-state index in [2.05, 4.69) is 131 Å². The zero-order valence-corrected chi connectivity index (χ0v) is 25.1. The molecule has 0 spiro atoms. The minimum absolute atomic E-state index is 0.859. The Balaban J connectivity index is 1.12. The van der Waals surface area contributed by atoms with Gasteiger partial charge < -0.3 is 9.97 Å². The Morgan fingerprint density at radius 2 is 0.543 bits per heavy atom. The molecule has 46 heavy (non-hydrogen) atoms. The van der Waals surface area contributed by atoms with Crippen LogP contribution in [-0.4, -0.2) is 19.9 Å². The second-order valence-electron chi connectivity index (χ2n) is 11.2. The fourth-order valence-corrected chi connectivity index (χ4v) is 5.90. The van der Waals surface area contributed by atoms with Crippen LogP contribution in [0.1, 0.15) is 0 Å². The van der Waals surface area contributed by atoms with Gasteiger partial charge in [0.15, 0.2) is 0 Å². The summed E-state index contributed by atoms with van der Waals surface area (Å²) in [4.78, 5) is 17.3. The van der Waals surface area contributed by atoms with E-state index in [0.29, 0.717) is 0 Å². The molecule has 218 valence electrons. The highest BCUT2D eigenvalue weighted by Gasteiger charge is 2.17. The summed E-state index contributed by atoms with van der Waals surface area (Å²) in [6.07, 6.45) is 0. The van der Waals surface area contributed by atoms with Gasteiger partial charge in [-0.25, -0.2) is 9.97 Å². The summed E-state index contributed by atoms with van der Waals surface area (Å²) in [6.45, 7) is 0. The molecule has 8 aromatic rings. The molecule has 0 aliphatic carbocycles. The van der Waals surface area contributed by atoms with Crippen LogP contribution >= 0.6 is 0 Å². The minimum Gasteiger partial charge on any atom is -0.337 e. The molecule has 6 aromatic carbocycles. The highest BCUT2D eigenvalue weighted by molar-refractivity contribution is 5.84. The van der Waals surface area contributed by atoms with Crippen molar-refractivity contribution in [3.63, 3.8) is 0 Å². The molecule has 0 fully saturated rings. The predicted octanol–water partition coefficient (Wildman–Crippen LogP) is 10.8. The third-order valence-corrected chi connectivity index (χ3v) is 8.28. The molecule has 0 atom stereocenters. The number of H-pyrrole nitrogens is 2. The first-order valence-corrected chi connectivity index (χ1v) is 15.4. The van der Waals surface area contributed by atoms with E-state index in [0.717, 1.165) is 78.9 Å². The van der Waals surface area contributed by atoms with Gasteiger partial charge in [0.05, 0.1) is 22.8 Å². The molecular weight excluding hydrogens is 560 g/mol. The number of nitrogens with zero attached hydrogens (tertiary/aromatic N) is 2. The summed E-state index contributed by atoms with van der Waals surface area (Å²) in [6, 6.07) is 58.7. The average Bonchev–Trinajstić information content (AvgIpc) is 3.80. The molecule has 2 aromatic heterocycles. The highest BCUT2D eigenvalue weighted by Crippen LogP contribution is 2.36. The van der Waals surface area contributed by atoms with Gasteiger partial charge in [0.25, 0.3) is 0 Å². The van der Waals surface area contributed by atoms with Crippen molar-refractivity contribution >= 4 is 0 Å². The normalized spacial score (nSPS) is 11.0. The lowest BCUT2D eigenvalue weighted by atomic mass is 9.98. The van der Waals surface area contributed by atoms with Crippen molar-refractivity contribution < 1.29 is 0 Å². The van der Waals surface area contributed by atoms with E-state index in [9.17, 15) is 0 Å². The van der Waals surface area contributed by atoms with Crippen LogP contribution in [0.4, 0.5) is 0 Å². The van der Waals surface area contributed by atoms with E-state index < -0.39 is 0 Å². The fourth-order valence-electron chi connectivity index (χ4n) is 5.90. The topological polar surface area (TPSA) is 57.4 Å². The highest BCUT2D eigenvalue weighted by atomic mass is 14.9. The Bertz CT molecular complexity index is 2040. The molecular formula is C42H30N4. The first-order valence-electron chi connectivity index (χ1n) is 15.4. The van der Waals surface area contributed by atoms with E-state index in [1.165, 1.54) is 0 Å². The molecule has 0 radical (unpaired) electrons. The van der Waals surface area contributed by atoms with Gasteiger partial charge in [-0.3, -0.25) is 0 Å². The molecule has 0 aliphatic rings. The van der Waals surface area contributed by atoms with Crippen LogP contribution in [0.25, 0.3) is 78.9 Å². The molecule has 0 amide bonds. The van der Waals surface area contributed by atoms with Crippen molar-refractivity contribution in [1.29, 1.82) is 0 Å². The van der Waals surface area contributed by atoms with E-state index >= 15 is 0 Å². The van der Waals surface area contributed by atoms with Gasteiger partial charge in [0, 0.05) is 33.4 Å². The largest absolute Gasteiger partial charge is 0.337 e. The monoisotopic (exact) mass is 590 g/mol. The number of aromatic amines is 2. The van der Waals surface area contributed by atoms with Gasteiger partial charge in [0.2, 0.25) is 0 Å². The molecule has 0 saturated heterocycles. The van der Waals surface area contributed by atoms with Gasteiger partial charge in [-0.2, -0.15) is 0 Å². The molecule has 8 rings (SSSR count). The minimum atomic E-state index is 0.859. The number of aromatic nitrogens is 4. The zero-order valence-electron chi connectivity index (χ0n) is 25.1. The lowest BCUT2D eigenvalue weighted by molar-refractivity contribution is 1.31. The predicted molar refractivity (Wildman–Crippen MR) is 189 cm³/mol. The smallest absolute Gasteiger partial charge is 0.138 e. The quantitative estimate of drug-likeness (QED) is 0.194. The molecule has 2 N–H and O–H groups in total. The number of benzene rings is 6. The van der Waals surface area contributed by atoms with Crippen molar-refractivity contribution in [2.24, 2.45) is 0 Å². The fraction of sp³-hybridized carbons (Fsp3) is 0. The number of imidazole rings is 2. The lowest BCUT2D eigenvalue weighted by Gasteiger charge is -2.08. The van der Waals surface area contributed by atoms with Crippen LogP contribution in [-0.2, 0) is 0 Å². The van der Waals surface area contributed by atoms with Gasteiger partial charge >= 0.3 is 0 Å². The van der Waals surface area contributed by atoms with Gasteiger partial charge in [-0.15, -0.1) is 0 Å². The number of hydrogen-bond donors (Lipinski definition) is 2. The Labute approximate surface area is 268 Å². The van der Waals surface area contributed by atoms with Gasteiger partial charge in [0.1, 0.15) is 11.6 Å². The Morgan fingerprint density at radius 1 is 0.261 bits per heavy atom. The standard InChI is InChI=1S/C42H30N4/c1-5-13-31(14-6-1)37-39(45-41(43-37)35-17-9-3-10-18-35)33-25-21-29(22-26-33)30-23-27-34(28-24-30)40-38(32-15-7-2-8-16-32)44-42(46-40)36-19-11-4-12-20-36/h1-28H,(H,43,45)(H,44,46). The summed E-state index contributed by atoms with van der Waals surface area (Å²) < 4.78 is 0. The number of hydrogen-bond acceptors (Lipinski definition) is 2. The molecule has 0 unspecified atom stereocenters. The second kappa shape index (κ2) is 12.0. The van der Waals surface area contributed by atoms with Crippen molar-refractivity contribution in [3.8, 4) is 78.9 Å². The zero-order chi connectivity index (χ0) is 30.7. The van der Waals surface area contributed by atoms with E-state index in [1.807, 2.05) is 48.5 Å². The van der Waals surface area contributed by atoms with Crippen molar-refractivity contribution in [2.75, 3.05) is 0 Å². The summed E-state index contributed by atoms with van der Waals surface area (Å²) in [5.41, 5.74) is 12.7. The third-order valence-electron chi connectivity index (χ3n) is 8.28. The van der Waals surface area contributed by atoms with Crippen LogP contribution in [0.2, 0.25) is 0 Å².